The number of nitrogens with zero attached hydrogens (tertiary/aromatic N) is 3. The number of halogens is 3. The van der Waals surface area contributed by atoms with Gasteiger partial charge in [-0.15, -0.1) is 0 Å². The molecule has 45 heavy (non-hydrogen) atoms. The molecule has 0 amide bonds. The minimum Gasteiger partial charge on any atom is -0.359 e. The van der Waals surface area contributed by atoms with Crippen LogP contribution in [0, 0.1) is 17.7 Å². The second-order valence-corrected chi connectivity index (χ2v) is 12.5. The molecular weight excluding hydrogens is 573 g/mol. The third kappa shape index (κ3) is 7.38. The first kappa shape index (κ1) is 31.2. The highest BCUT2D eigenvalue weighted by Crippen LogP contribution is 2.36. The molecule has 1 fully saturated rings. The molecule has 5 nitrogen and oxygen atoms in total. The molecule has 3 aromatic rings. The van der Waals surface area contributed by atoms with Gasteiger partial charge in [-0.1, -0.05) is 55.5 Å². The van der Waals surface area contributed by atoms with Crippen molar-refractivity contribution in [2.24, 2.45) is 21.8 Å². The molecule has 3 aromatic carbocycles. The predicted molar refractivity (Wildman–Crippen MR) is 173 cm³/mol. The third-order valence-corrected chi connectivity index (χ3v) is 9.50. The fourth-order valence-electron chi connectivity index (χ4n) is 6.81. The van der Waals surface area contributed by atoms with Gasteiger partial charge in [-0.3, -0.25) is 15.1 Å². The van der Waals surface area contributed by atoms with Crippen molar-refractivity contribution in [1.29, 1.82) is 0 Å². The van der Waals surface area contributed by atoms with Gasteiger partial charge < -0.3 is 4.90 Å². The number of likely N-dealkylation sites (tertiary alicyclic amines) is 1. The number of hydrogen-bond donors (Lipinski definition) is 1. The van der Waals surface area contributed by atoms with Gasteiger partial charge in [0, 0.05) is 56.1 Å². The number of carbonyl (C=O) groups excluding carboxylic acids is 1. The van der Waals surface area contributed by atoms with Crippen molar-refractivity contribution in [3.8, 4) is 0 Å². The number of piperidine rings is 1. The molecule has 1 N–H and O–H groups in total. The molecule has 3 unspecified atom stereocenters. The van der Waals surface area contributed by atoms with Crippen LogP contribution in [-0.2, 0) is 30.1 Å². The van der Waals surface area contributed by atoms with E-state index in [2.05, 4.69) is 22.3 Å². The van der Waals surface area contributed by atoms with Gasteiger partial charge in [-0.2, -0.15) is 0 Å². The molecule has 0 spiro atoms. The van der Waals surface area contributed by atoms with Gasteiger partial charge in [-0.25, -0.2) is 18.2 Å². The number of amidine groups is 1. The second-order valence-electron chi connectivity index (χ2n) is 12.5. The fourth-order valence-corrected chi connectivity index (χ4v) is 6.81. The summed E-state index contributed by atoms with van der Waals surface area (Å²) in [7, 11) is 0. The summed E-state index contributed by atoms with van der Waals surface area (Å²) < 4.78 is 42.3. The minimum atomic E-state index is -2.85. The zero-order chi connectivity index (χ0) is 31.4. The van der Waals surface area contributed by atoms with E-state index in [4.69, 9.17) is 9.98 Å². The highest BCUT2D eigenvalue weighted by Gasteiger charge is 2.39. The summed E-state index contributed by atoms with van der Waals surface area (Å²) in [4.78, 5) is 26.6. The lowest BCUT2D eigenvalue weighted by molar-refractivity contribution is -0.125. The van der Waals surface area contributed by atoms with E-state index in [1.54, 1.807) is 24.3 Å². The molecule has 8 heteroatoms. The van der Waals surface area contributed by atoms with Crippen LogP contribution in [0.15, 0.2) is 82.8 Å². The molecular formula is C37H41F3N4O. The SMILES string of the molecule is CCC(F)(F)c1ccc2c(c1)CCCC(N1CCC3=NC(NCc4ccc(F)cc4)CC(CCc4ccccc4)C(=O)C3C1)=N2. The van der Waals surface area contributed by atoms with Crippen molar-refractivity contribution >= 4 is 23.0 Å². The third-order valence-electron chi connectivity index (χ3n) is 9.50. The molecule has 236 valence electrons. The summed E-state index contributed by atoms with van der Waals surface area (Å²) in [5, 5.41) is 3.54. The lowest BCUT2D eigenvalue weighted by atomic mass is 9.82. The molecule has 3 aliphatic heterocycles. The highest BCUT2D eigenvalue weighted by atomic mass is 19.3. The summed E-state index contributed by atoms with van der Waals surface area (Å²) in [5.74, 6) is -2.42. The topological polar surface area (TPSA) is 57.1 Å². The summed E-state index contributed by atoms with van der Waals surface area (Å²) >= 11 is 0. The highest BCUT2D eigenvalue weighted by molar-refractivity contribution is 6.08. The zero-order valence-corrected chi connectivity index (χ0v) is 25.8. The number of fused-ring (bicyclic) bond motifs is 2. The maximum atomic E-state index is 14.4. The molecule has 6 rings (SSSR count). The number of Topliss-reactive ketones (excluding diaryl/α,β-unsaturated/α-hetero) is 1. The van der Waals surface area contributed by atoms with E-state index in [-0.39, 0.29) is 41.6 Å². The molecule has 0 aromatic heterocycles. The van der Waals surface area contributed by atoms with Crippen molar-refractivity contribution in [2.45, 2.75) is 76.9 Å². The van der Waals surface area contributed by atoms with Crippen LogP contribution in [0.1, 0.15) is 67.7 Å². The van der Waals surface area contributed by atoms with E-state index in [9.17, 15) is 18.0 Å². The van der Waals surface area contributed by atoms with Crippen LogP contribution in [0.4, 0.5) is 18.9 Å². The summed E-state index contributed by atoms with van der Waals surface area (Å²) in [6.45, 7) is 3.29. The van der Waals surface area contributed by atoms with Crippen LogP contribution >= 0.6 is 0 Å². The maximum absolute atomic E-state index is 14.4. The van der Waals surface area contributed by atoms with Crippen molar-refractivity contribution in [2.75, 3.05) is 13.1 Å². The van der Waals surface area contributed by atoms with E-state index < -0.39 is 5.92 Å². The van der Waals surface area contributed by atoms with Crippen LogP contribution in [0.5, 0.6) is 0 Å². The Morgan fingerprint density at radius 1 is 0.978 bits per heavy atom. The lowest BCUT2D eigenvalue weighted by Crippen LogP contribution is -2.47. The van der Waals surface area contributed by atoms with Crippen LogP contribution in [0.2, 0.25) is 0 Å². The number of aryl methyl sites for hydroxylation is 2. The lowest BCUT2D eigenvalue weighted by Gasteiger charge is -2.35. The van der Waals surface area contributed by atoms with E-state index in [1.807, 2.05) is 18.2 Å². The largest absolute Gasteiger partial charge is 0.359 e. The van der Waals surface area contributed by atoms with Crippen molar-refractivity contribution in [3.63, 3.8) is 0 Å². The smallest absolute Gasteiger partial charge is 0.273 e. The maximum Gasteiger partial charge on any atom is 0.273 e. The summed E-state index contributed by atoms with van der Waals surface area (Å²) in [6, 6.07) is 21.6. The number of aliphatic imine (C=N–C) groups is 2. The normalized spacial score (nSPS) is 22.1. The van der Waals surface area contributed by atoms with Crippen molar-refractivity contribution in [1.82, 2.24) is 10.2 Å². The number of hydrogen-bond acceptors (Lipinski definition) is 5. The Balaban J connectivity index is 1.22. The molecule has 0 aliphatic carbocycles. The monoisotopic (exact) mass is 614 g/mol. The first-order valence-corrected chi connectivity index (χ1v) is 16.2. The van der Waals surface area contributed by atoms with Gasteiger partial charge >= 0.3 is 0 Å². The Bertz CT molecular complexity index is 1550. The Hall–Kier alpha value is -3.78. The van der Waals surface area contributed by atoms with Gasteiger partial charge in [0.15, 0.2) is 0 Å². The van der Waals surface area contributed by atoms with Gasteiger partial charge in [0.2, 0.25) is 0 Å². The molecule has 0 saturated carbocycles. The number of nitrogens with one attached hydrogen (secondary N) is 1. The Morgan fingerprint density at radius 2 is 1.78 bits per heavy atom. The first-order chi connectivity index (χ1) is 21.8. The van der Waals surface area contributed by atoms with Gasteiger partial charge in [-0.05, 0) is 73.1 Å². The van der Waals surface area contributed by atoms with E-state index in [0.29, 0.717) is 38.9 Å². The Labute approximate surface area is 263 Å². The Morgan fingerprint density at radius 3 is 2.56 bits per heavy atom. The second kappa shape index (κ2) is 13.7. The fraction of sp³-hybridized carbons (Fsp3) is 0.432. The summed E-state index contributed by atoms with van der Waals surface area (Å²) in [5.41, 5.74) is 4.78. The van der Waals surface area contributed by atoms with E-state index in [1.165, 1.54) is 30.7 Å². The molecule has 3 atom stereocenters. The average Bonchev–Trinajstić information content (AvgIpc) is 3.35. The van der Waals surface area contributed by atoms with Gasteiger partial charge in [0.1, 0.15) is 23.6 Å². The average molecular weight is 615 g/mol. The number of alkyl halides is 2. The molecule has 3 aliphatic rings. The quantitative estimate of drug-likeness (QED) is 0.282. The van der Waals surface area contributed by atoms with E-state index in [0.717, 1.165) is 54.0 Å². The minimum absolute atomic E-state index is 0.0504. The van der Waals surface area contributed by atoms with Crippen molar-refractivity contribution in [3.05, 3.63) is 101 Å². The zero-order valence-electron chi connectivity index (χ0n) is 25.8. The first-order valence-electron chi connectivity index (χ1n) is 16.2. The van der Waals surface area contributed by atoms with Gasteiger partial charge in [0.05, 0.1) is 11.6 Å². The standard InChI is InChI=1S/C37H41F3N4O/c1-2-37(39,40)29-15-18-32-27(21-29)9-6-10-35(43-32)44-20-19-33-31(24-44)36(45)28(14-11-25-7-4-3-5-8-25)22-34(42-33)41-23-26-12-16-30(38)17-13-26/h3-5,7-8,12-13,15-18,21,28,31,34,41H,2,6,9-11,14,19-20,22-24H2,1H3. The number of carbonyl (C=O) groups is 1. The van der Waals surface area contributed by atoms with Crippen LogP contribution < -0.4 is 5.32 Å². The van der Waals surface area contributed by atoms with Crippen LogP contribution in [0.3, 0.4) is 0 Å². The number of benzene rings is 3. The molecule has 0 bridgehead atoms. The van der Waals surface area contributed by atoms with E-state index >= 15 is 0 Å². The Kier molecular flexibility index (Phi) is 9.50. The van der Waals surface area contributed by atoms with Crippen LogP contribution in [-0.4, -0.2) is 41.5 Å². The van der Waals surface area contributed by atoms with Gasteiger partial charge in [0.25, 0.3) is 5.92 Å². The van der Waals surface area contributed by atoms with Crippen LogP contribution in [0.25, 0.3) is 0 Å². The molecule has 1 saturated heterocycles. The predicted octanol–water partition coefficient (Wildman–Crippen LogP) is 7.79. The molecule has 0 radical (unpaired) electrons. The number of rotatable bonds is 8. The van der Waals surface area contributed by atoms with Crippen molar-refractivity contribution < 1.29 is 18.0 Å². The molecule has 3 heterocycles. The summed E-state index contributed by atoms with van der Waals surface area (Å²) in [6.07, 6.45) is 4.66. The number of ketones is 1.